The van der Waals surface area contributed by atoms with E-state index in [2.05, 4.69) is 5.32 Å². The van der Waals surface area contributed by atoms with Gasteiger partial charge >= 0.3 is 0 Å². The second-order valence-electron chi connectivity index (χ2n) is 5.70. The molecule has 2 aromatic rings. The van der Waals surface area contributed by atoms with Gasteiger partial charge in [0.1, 0.15) is 17.3 Å². The Bertz CT molecular complexity index is 656. The van der Waals surface area contributed by atoms with Gasteiger partial charge in [-0.3, -0.25) is 4.79 Å². The minimum atomic E-state index is -0.284. The lowest BCUT2D eigenvalue weighted by atomic mass is 10.1. The van der Waals surface area contributed by atoms with Gasteiger partial charge in [-0.25, -0.2) is 4.39 Å². The molecule has 5 heteroatoms. The molecule has 0 aromatic heterocycles. The third kappa shape index (κ3) is 6.45. The van der Waals surface area contributed by atoms with E-state index in [-0.39, 0.29) is 17.8 Å². The van der Waals surface area contributed by atoms with E-state index in [9.17, 15) is 9.18 Å². The molecule has 1 N–H and O–H groups in total. The second kappa shape index (κ2) is 9.67. The third-order valence-corrected chi connectivity index (χ3v) is 3.70. The fraction of sp³-hybridized carbons (Fsp3) is 0.350. The molecule has 0 aliphatic heterocycles. The van der Waals surface area contributed by atoms with Crippen LogP contribution in [0.5, 0.6) is 11.5 Å². The smallest absolute Gasteiger partial charge is 0.220 e. The van der Waals surface area contributed by atoms with E-state index < -0.39 is 0 Å². The van der Waals surface area contributed by atoms with Gasteiger partial charge in [-0.15, -0.1) is 0 Å². The molecular weight excluding hydrogens is 321 g/mol. The van der Waals surface area contributed by atoms with Gasteiger partial charge in [0, 0.05) is 6.42 Å². The molecule has 134 valence electrons. The van der Waals surface area contributed by atoms with Gasteiger partial charge in [0.25, 0.3) is 0 Å². The molecule has 0 saturated carbocycles. The predicted molar refractivity (Wildman–Crippen MR) is 95.3 cm³/mol. The lowest BCUT2D eigenvalue weighted by Gasteiger charge is -2.14. The Morgan fingerprint density at radius 2 is 1.64 bits per heavy atom. The highest BCUT2D eigenvalue weighted by atomic mass is 19.1. The highest BCUT2D eigenvalue weighted by Crippen LogP contribution is 2.18. The summed E-state index contributed by atoms with van der Waals surface area (Å²) in [5.41, 5.74) is 0.875. The summed E-state index contributed by atoms with van der Waals surface area (Å²) in [7, 11) is 0. The average molecular weight is 345 g/mol. The van der Waals surface area contributed by atoms with Crippen molar-refractivity contribution in [2.24, 2.45) is 0 Å². The molecular formula is C20H24FNO3. The largest absolute Gasteiger partial charge is 0.494 e. The van der Waals surface area contributed by atoms with Crippen molar-refractivity contribution in [1.29, 1.82) is 0 Å². The number of hydrogen-bond acceptors (Lipinski definition) is 3. The van der Waals surface area contributed by atoms with Crippen molar-refractivity contribution < 1.29 is 18.7 Å². The summed E-state index contributed by atoms with van der Waals surface area (Å²) in [6.07, 6.45) is 0.998. The van der Waals surface area contributed by atoms with E-state index in [1.54, 1.807) is 12.1 Å². The van der Waals surface area contributed by atoms with E-state index in [4.69, 9.17) is 9.47 Å². The summed E-state index contributed by atoms with van der Waals surface area (Å²) < 4.78 is 23.9. The fourth-order valence-corrected chi connectivity index (χ4v) is 2.37. The first-order valence-electron chi connectivity index (χ1n) is 8.49. The van der Waals surface area contributed by atoms with Crippen LogP contribution < -0.4 is 14.8 Å². The molecule has 0 saturated heterocycles. The van der Waals surface area contributed by atoms with Gasteiger partial charge in [0.15, 0.2) is 0 Å². The Balaban J connectivity index is 1.67. The number of carbonyl (C=O) groups excluding carboxylic acids is 1. The molecule has 2 rings (SSSR count). The van der Waals surface area contributed by atoms with E-state index in [0.717, 1.165) is 17.1 Å². The van der Waals surface area contributed by atoms with Gasteiger partial charge in [-0.2, -0.15) is 0 Å². The summed E-state index contributed by atoms with van der Waals surface area (Å²) in [5, 5.41) is 2.90. The second-order valence-corrected chi connectivity index (χ2v) is 5.70. The number of rotatable bonds is 9. The number of amides is 1. The average Bonchev–Trinajstić information content (AvgIpc) is 2.61. The lowest BCUT2D eigenvalue weighted by Crippen LogP contribution is -2.26. The fourth-order valence-electron chi connectivity index (χ4n) is 2.37. The Kier molecular flexibility index (Phi) is 7.26. The molecule has 0 aliphatic rings. The van der Waals surface area contributed by atoms with Crippen molar-refractivity contribution in [3.8, 4) is 11.5 Å². The molecule has 0 fully saturated rings. The molecule has 0 unspecified atom stereocenters. The van der Waals surface area contributed by atoms with Gasteiger partial charge in [-0.05, 0) is 62.2 Å². The molecule has 25 heavy (non-hydrogen) atoms. The molecule has 0 heterocycles. The number of nitrogens with one attached hydrogen (secondary N) is 1. The Hall–Kier alpha value is -2.56. The van der Waals surface area contributed by atoms with Crippen molar-refractivity contribution in [1.82, 2.24) is 5.32 Å². The zero-order valence-corrected chi connectivity index (χ0v) is 14.6. The summed E-state index contributed by atoms with van der Waals surface area (Å²) in [4.78, 5) is 12.0. The van der Waals surface area contributed by atoms with Crippen LogP contribution in [0.4, 0.5) is 4.39 Å². The molecule has 0 radical (unpaired) electrons. The van der Waals surface area contributed by atoms with Crippen LogP contribution in [0.2, 0.25) is 0 Å². The summed E-state index contributed by atoms with van der Waals surface area (Å²) in [6.45, 7) is 4.91. The van der Waals surface area contributed by atoms with Crippen LogP contribution in [0.1, 0.15) is 38.3 Å². The number of carbonyl (C=O) groups is 1. The van der Waals surface area contributed by atoms with Crippen molar-refractivity contribution in [2.45, 2.75) is 32.7 Å². The third-order valence-electron chi connectivity index (χ3n) is 3.70. The van der Waals surface area contributed by atoms with E-state index in [1.165, 1.54) is 12.1 Å². The molecule has 0 aliphatic carbocycles. The first-order valence-corrected chi connectivity index (χ1v) is 8.49. The van der Waals surface area contributed by atoms with Crippen molar-refractivity contribution in [2.75, 3.05) is 13.2 Å². The van der Waals surface area contributed by atoms with Gasteiger partial charge in [0.05, 0.1) is 19.3 Å². The van der Waals surface area contributed by atoms with Gasteiger partial charge in [0.2, 0.25) is 5.91 Å². The lowest BCUT2D eigenvalue weighted by molar-refractivity contribution is -0.121. The van der Waals surface area contributed by atoms with Crippen LogP contribution in [-0.2, 0) is 4.79 Å². The Morgan fingerprint density at radius 3 is 2.24 bits per heavy atom. The number of benzene rings is 2. The van der Waals surface area contributed by atoms with E-state index >= 15 is 0 Å². The summed E-state index contributed by atoms with van der Waals surface area (Å²) in [5.74, 6) is 1.23. The maximum absolute atomic E-state index is 12.9. The molecule has 2 aromatic carbocycles. The van der Waals surface area contributed by atoms with Gasteiger partial charge < -0.3 is 14.8 Å². The van der Waals surface area contributed by atoms with Crippen LogP contribution >= 0.6 is 0 Å². The maximum atomic E-state index is 12.9. The predicted octanol–water partition coefficient (Wildman–Crippen LogP) is 4.26. The molecule has 0 bridgehead atoms. The van der Waals surface area contributed by atoms with Crippen LogP contribution in [0, 0.1) is 5.82 Å². The topological polar surface area (TPSA) is 47.6 Å². The maximum Gasteiger partial charge on any atom is 0.220 e. The first kappa shape index (κ1) is 18.8. The van der Waals surface area contributed by atoms with Crippen LogP contribution in [-0.4, -0.2) is 19.1 Å². The monoisotopic (exact) mass is 345 g/mol. The zero-order chi connectivity index (χ0) is 18.1. The minimum Gasteiger partial charge on any atom is -0.494 e. The zero-order valence-electron chi connectivity index (χ0n) is 14.6. The first-order chi connectivity index (χ1) is 12.1. The summed E-state index contributed by atoms with van der Waals surface area (Å²) in [6, 6.07) is 13.4. The highest BCUT2D eigenvalue weighted by Gasteiger charge is 2.09. The molecule has 1 atom stereocenters. The standard InChI is InChI=1S/C20H24FNO3/c1-3-24-18-10-12-19(13-11-18)25-14-4-5-20(23)22-15(2)16-6-8-17(21)9-7-16/h6-13,15H,3-5,14H2,1-2H3,(H,22,23)/t15-/m1/s1. The summed E-state index contributed by atoms with van der Waals surface area (Å²) >= 11 is 0. The van der Waals surface area contributed by atoms with Crippen LogP contribution in [0.15, 0.2) is 48.5 Å². The van der Waals surface area contributed by atoms with Crippen LogP contribution in [0.3, 0.4) is 0 Å². The highest BCUT2D eigenvalue weighted by molar-refractivity contribution is 5.76. The van der Waals surface area contributed by atoms with Crippen molar-refractivity contribution in [3.63, 3.8) is 0 Å². The van der Waals surface area contributed by atoms with Crippen molar-refractivity contribution in [3.05, 3.63) is 59.9 Å². The van der Waals surface area contributed by atoms with Crippen LogP contribution in [0.25, 0.3) is 0 Å². The van der Waals surface area contributed by atoms with E-state index in [0.29, 0.717) is 26.1 Å². The Labute approximate surface area is 148 Å². The number of halogens is 1. The van der Waals surface area contributed by atoms with E-state index in [1.807, 2.05) is 38.1 Å². The molecule has 0 spiro atoms. The normalized spacial score (nSPS) is 11.6. The Morgan fingerprint density at radius 1 is 1.04 bits per heavy atom. The van der Waals surface area contributed by atoms with Gasteiger partial charge in [-0.1, -0.05) is 12.1 Å². The molecule has 1 amide bonds. The quantitative estimate of drug-likeness (QED) is 0.691. The number of hydrogen-bond donors (Lipinski definition) is 1. The van der Waals surface area contributed by atoms with Crippen molar-refractivity contribution >= 4 is 5.91 Å². The SMILES string of the molecule is CCOc1ccc(OCCCC(=O)N[C@H](C)c2ccc(F)cc2)cc1. The minimum absolute atomic E-state index is 0.0490. The number of ether oxygens (including phenoxy) is 2. The molecule has 4 nitrogen and oxygen atoms in total.